The van der Waals surface area contributed by atoms with Crippen molar-refractivity contribution < 1.29 is 9.59 Å². The highest BCUT2D eigenvalue weighted by Crippen LogP contribution is 2.45. The predicted octanol–water partition coefficient (Wildman–Crippen LogP) is 3.37. The average molecular weight is 347 g/mol. The number of carbonyl (C=O) groups is 2. The van der Waals surface area contributed by atoms with Crippen LogP contribution in [0.15, 0.2) is 65.9 Å². The summed E-state index contributed by atoms with van der Waals surface area (Å²) in [6, 6.07) is 16.9. The van der Waals surface area contributed by atoms with E-state index in [1.165, 1.54) is 6.92 Å². The predicted molar refractivity (Wildman–Crippen MR) is 102 cm³/mol. The Morgan fingerprint density at radius 1 is 1.04 bits per heavy atom. The highest BCUT2D eigenvalue weighted by atomic mass is 16.2. The molecule has 2 aromatic rings. The van der Waals surface area contributed by atoms with Gasteiger partial charge in [0, 0.05) is 6.92 Å². The van der Waals surface area contributed by atoms with Crippen LogP contribution in [0.1, 0.15) is 32.4 Å². The molecule has 0 bridgehead atoms. The van der Waals surface area contributed by atoms with E-state index in [4.69, 9.17) is 0 Å². The molecule has 0 radical (unpaired) electrons. The molecule has 132 valence electrons. The number of para-hydroxylation sites is 2. The summed E-state index contributed by atoms with van der Waals surface area (Å²) in [5, 5.41) is 6.47. The fourth-order valence-electron chi connectivity index (χ4n) is 3.84. The number of rotatable bonds is 1. The summed E-state index contributed by atoms with van der Waals surface area (Å²) < 4.78 is 0. The summed E-state index contributed by atoms with van der Waals surface area (Å²) in [6.45, 7) is 5.47. The SMILES string of the molecule is CC(=O)N1c2ccccc2NC2=C(C(=O)NC2(C)C)C1c1ccccc1. The molecule has 1 atom stereocenters. The lowest BCUT2D eigenvalue weighted by molar-refractivity contribution is -0.118. The second-order valence-corrected chi connectivity index (χ2v) is 7.21. The summed E-state index contributed by atoms with van der Waals surface area (Å²) >= 11 is 0. The van der Waals surface area contributed by atoms with Crippen LogP contribution in [0, 0.1) is 0 Å². The molecule has 2 heterocycles. The van der Waals surface area contributed by atoms with E-state index in [0.29, 0.717) is 5.57 Å². The number of nitrogens with one attached hydrogen (secondary N) is 2. The van der Waals surface area contributed by atoms with E-state index in [1.54, 1.807) is 4.90 Å². The van der Waals surface area contributed by atoms with E-state index in [9.17, 15) is 9.59 Å². The third-order valence-corrected chi connectivity index (χ3v) is 4.97. The monoisotopic (exact) mass is 347 g/mol. The molecule has 0 saturated heterocycles. The lowest BCUT2D eigenvalue weighted by atomic mass is 9.92. The highest BCUT2D eigenvalue weighted by molar-refractivity contribution is 6.06. The van der Waals surface area contributed by atoms with Crippen molar-refractivity contribution in [2.24, 2.45) is 0 Å². The molecule has 0 spiro atoms. The maximum absolute atomic E-state index is 12.9. The molecule has 5 nitrogen and oxygen atoms in total. The van der Waals surface area contributed by atoms with Crippen LogP contribution >= 0.6 is 0 Å². The molecule has 2 aliphatic heterocycles. The standard InChI is InChI=1S/C21H21N3O2/c1-13(25)24-16-12-8-7-11-15(16)22-19-17(20(26)23-21(19,2)3)18(24)14-9-5-4-6-10-14/h4-12,18,22H,1-3H3,(H,23,26). The first kappa shape index (κ1) is 16.4. The van der Waals surface area contributed by atoms with Crippen molar-refractivity contribution in [1.82, 2.24) is 5.32 Å². The molecule has 0 saturated carbocycles. The zero-order valence-electron chi connectivity index (χ0n) is 15.0. The molecular weight excluding hydrogens is 326 g/mol. The first-order valence-electron chi connectivity index (χ1n) is 8.68. The van der Waals surface area contributed by atoms with Crippen molar-refractivity contribution in [3.05, 3.63) is 71.4 Å². The normalized spacial score (nSPS) is 20.7. The van der Waals surface area contributed by atoms with Crippen LogP contribution in [0.2, 0.25) is 0 Å². The Labute approximate surface area is 152 Å². The van der Waals surface area contributed by atoms with Crippen molar-refractivity contribution in [3.8, 4) is 0 Å². The van der Waals surface area contributed by atoms with Gasteiger partial charge in [0.05, 0.1) is 34.2 Å². The van der Waals surface area contributed by atoms with Crippen LogP contribution in [0.25, 0.3) is 0 Å². The third kappa shape index (κ3) is 2.39. The summed E-state index contributed by atoms with van der Waals surface area (Å²) in [5.41, 5.74) is 3.35. The Morgan fingerprint density at radius 3 is 2.38 bits per heavy atom. The Hall–Kier alpha value is -3.08. The minimum Gasteiger partial charge on any atom is -0.355 e. The van der Waals surface area contributed by atoms with Gasteiger partial charge in [0.1, 0.15) is 0 Å². The van der Waals surface area contributed by atoms with Gasteiger partial charge in [-0.15, -0.1) is 0 Å². The van der Waals surface area contributed by atoms with Gasteiger partial charge in [-0.05, 0) is 31.5 Å². The summed E-state index contributed by atoms with van der Waals surface area (Å²) in [5.74, 6) is -0.259. The largest absolute Gasteiger partial charge is 0.355 e. The van der Waals surface area contributed by atoms with Gasteiger partial charge < -0.3 is 10.6 Å². The van der Waals surface area contributed by atoms with Crippen molar-refractivity contribution in [1.29, 1.82) is 0 Å². The van der Waals surface area contributed by atoms with E-state index in [-0.39, 0.29) is 11.8 Å². The lowest BCUT2D eigenvalue weighted by Crippen LogP contribution is -2.41. The van der Waals surface area contributed by atoms with E-state index in [2.05, 4.69) is 10.6 Å². The zero-order valence-corrected chi connectivity index (χ0v) is 15.0. The fourth-order valence-corrected chi connectivity index (χ4v) is 3.84. The van der Waals surface area contributed by atoms with E-state index < -0.39 is 11.6 Å². The number of fused-ring (bicyclic) bond motifs is 1. The summed E-state index contributed by atoms with van der Waals surface area (Å²) in [6.07, 6.45) is 0. The third-order valence-electron chi connectivity index (χ3n) is 4.97. The van der Waals surface area contributed by atoms with Crippen LogP contribution in [-0.4, -0.2) is 17.4 Å². The highest BCUT2D eigenvalue weighted by Gasteiger charge is 2.46. The van der Waals surface area contributed by atoms with Gasteiger partial charge in [0.2, 0.25) is 5.91 Å². The van der Waals surface area contributed by atoms with Gasteiger partial charge in [-0.2, -0.15) is 0 Å². The number of carbonyl (C=O) groups excluding carboxylic acids is 2. The lowest BCUT2D eigenvalue weighted by Gasteiger charge is -2.31. The molecular formula is C21H21N3O2. The Balaban J connectivity index is 2.05. The van der Waals surface area contributed by atoms with E-state index >= 15 is 0 Å². The first-order valence-corrected chi connectivity index (χ1v) is 8.68. The van der Waals surface area contributed by atoms with Crippen LogP contribution in [0.3, 0.4) is 0 Å². The van der Waals surface area contributed by atoms with Crippen molar-refractivity contribution in [3.63, 3.8) is 0 Å². The van der Waals surface area contributed by atoms with Crippen molar-refractivity contribution in [2.45, 2.75) is 32.4 Å². The molecule has 2 aliphatic rings. The second-order valence-electron chi connectivity index (χ2n) is 7.21. The van der Waals surface area contributed by atoms with E-state index in [0.717, 1.165) is 22.6 Å². The van der Waals surface area contributed by atoms with Gasteiger partial charge in [0.25, 0.3) is 5.91 Å². The fraction of sp³-hybridized carbons (Fsp3) is 0.238. The van der Waals surface area contributed by atoms with E-state index in [1.807, 2.05) is 68.4 Å². The number of amides is 2. The number of nitrogens with zero attached hydrogens (tertiary/aromatic N) is 1. The minimum atomic E-state index is -0.542. The molecule has 4 rings (SSSR count). The number of hydrogen-bond acceptors (Lipinski definition) is 3. The molecule has 2 aromatic carbocycles. The molecule has 0 aliphatic carbocycles. The maximum atomic E-state index is 12.9. The van der Waals surface area contributed by atoms with Crippen LogP contribution in [0.4, 0.5) is 11.4 Å². The van der Waals surface area contributed by atoms with Gasteiger partial charge in [-0.25, -0.2) is 0 Å². The second kappa shape index (κ2) is 5.73. The van der Waals surface area contributed by atoms with Crippen LogP contribution in [0.5, 0.6) is 0 Å². The van der Waals surface area contributed by atoms with Crippen LogP contribution < -0.4 is 15.5 Å². The minimum absolute atomic E-state index is 0.112. The van der Waals surface area contributed by atoms with Gasteiger partial charge in [0.15, 0.2) is 0 Å². The van der Waals surface area contributed by atoms with Crippen LogP contribution in [-0.2, 0) is 9.59 Å². The van der Waals surface area contributed by atoms with Gasteiger partial charge in [-0.3, -0.25) is 14.5 Å². The van der Waals surface area contributed by atoms with Crippen molar-refractivity contribution in [2.75, 3.05) is 10.2 Å². The van der Waals surface area contributed by atoms with Crippen molar-refractivity contribution >= 4 is 23.2 Å². The molecule has 5 heteroatoms. The summed E-state index contributed by atoms with van der Waals surface area (Å²) in [4.78, 5) is 27.3. The molecule has 2 amide bonds. The Morgan fingerprint density at radius 2 is 1.69 bits per heavy atom. The number of hydrogen-bond donors (Lipinski definition) is 2. The quantitative estimate of drug-likeness (QED) is 0.831. The Kier molecular flexibility index (Phi) is 3.61. The molecule has 26 heavy (non-hydrogen) atoms. The van der Waals surface area contributed by atoms with Gasteiger partial charge in [-0.1, -0.05) is 42.5 Å². The maximum Gasteiger partial charge on any atom is 0.252 e. The molecule has 0 fully saturated rings. The zero-order chi connectivity index (χ0) is 18.5. The topological polar surface area (TPSA) is 61.4 Å². The summed E-state index contributed by atoms with van der Waals surface area (Å²) in [7, 11) is 0. The first-order chi connectivity index (χ1) is 12.4. The van der Waals surface area contributed by atoms with Gasteiger partial charge >= 0.3 is 0 Å². The Bertz CT molecular complexity index is 931. The molecule has 1 unspecified atom stereocenters. The molecule has 0 aromatic heterocycles. The number of benzene rings is 2. The number of anilines is 2. The smallest absolute Gasteiger partial charge is 0.252 e. The molecule has 2 N–H and O–H groups in total. The average Bonchev–Trinajstić information content (AvgIpc) is 2.76.